The molecule has 0 atom stereocenters. The first-order chi connectivity index (χ1) is 20.1. The summed E-state index contributed by atoms with van der Waals surface area (Å²) in [6.07, 6.45) is 8.31. The fourth-order valence-electron chi connectivity index (χ4n) is 5.27. The average molecular weight is 696 g/mol. The minimum atomic E-state index is -0.106. The molecule has 2 aliphatic rings. The van der Waals surface area contributed by atoms with Crippen LogP contribution in [0.15, 0.2) is 73.1 Å². The van der Waals surface area contributed by atoms with Crippen LogP contribution in [0.5, 0.6) is 0 Å². The Morgan fingerprint density at radius 2 is 0.976 bits per heavy atom. The van der Waals surface area contributed by atoms with Crippen molar-refractivity contribution in [2.45, 2.75) is 79.1 Å². The number of hydrogen-bond donors (Lipinski definition) is 0. The van der Waals surface area contributed by atoms with Crippen molar-refractivity contribution in [3.63, 3.8) is 0 Å². The summed E-state index contributed by atoms with van der Waals surface area (Å²) in [5.41, 5.74) is 8.29. The van der Waals surface area contributed by atoms with Gasteiger partial charge in [-0.05, 0) is 68.8 Å². The first kappa shape index (κ1) is 34.3. The zero-order valence-corrected chi connectivity index (χ0v) is 29.0. The van der Waals surface area contributed by atoms with Gasteiger partial charge < -0.3 is 15.1 Å². The number of fused-ring (bicyclic) bond motifs is 1. The standard InChI is InChI=1S/C27H37N2.C9H7N.2ClH.Pd/c1-18(2)22-11-9-12-23(19(3)4)26(22)28-15-16-29(17-28)27-24(20(5)6)13-10-14-25(27)21(7)8;1-2-4-9-7-10-6-5-8(9)3-1;;;/h9-21H,1-8H3;1-7H;2*1H;/q2*-1;;;+2/p-2. The molecule has 42 heavy (non-hydrogen) atoms. The van der Waals surface area contributed by atoms with Gasteiger partial charge >= 0.3 is 35.0 Å². The number of nitrogens with zero attached hydrogens (tertiary/aromatic N) is 3. The molecule has 2 aliphatic heterocycles. The predicted octanol–water partition coefficient (Wildman–Crippen LogP) is 10.2. The topological polar surface area (TPSA) is 20.6 Å². The van der Waals surface area contributed by atoms with Crippen molar-refractivity contribution in [1.29, 1.82) is 0 Å². The van der Waals surface area contributed by atoms with Crippen LogP contribution in [-0.2, 0) is 15.9 Å². The molecule has 0 aliphatic carbocycles. The minimum absolute atomic E-state index is 0.106. The Kier molecular flexibility index (Phi) is 13.5. The summed E-state index contributed by atoms with van der Waals surface area (Å²) in [7, 11) is 9.63. The van der Waals surface area contributed by atoms with E-state index >= 15 is 0 Å². The summed E-state index contributed by atoms with van der Waals surface area (Å²) >= 11 is -0.106. The van der Waals surface area contributed by atoms with E-state index in [9.17, 15) is 0 Å². The fourth-order valence-corrected chi connectivity index (χ4v) is 5.27. The van der Waals surface area contributed by atoms with Gasteiger partial charge in [-0.2, -0.15) is 6.20 Å². The van der Waals surface area contributed by atoms with E-state index in [4.69, 9.17) is 19.1 Å². The molecule has 6 heteroatoms. The van der Waals surface area contributed by atoms with E-state index in [1.54, 1.807) is 0 Å². The van der Waals surface area contributed by atoms with Crippen molar-refractivity contribution >= 4 is 42.7 Å². The Morgan fingerprint density at radius 3 is 1.33 bits per heavy atom. The maximum absolute atomic E-state index is 4.81. The first-order valence-corrected chi connectivity index (χ1v) is 18.6. The van der Waals surface area contributed by atoms with Crippen molar-refractivity contribution in [2.75, 3.05) is 9.80 Å². The number of halogens is 2. The Hall–Kier alpha value is -2.22. The van der Waals surface area contributed by atoms with Gasteiger partial charge in [-0.15, -0.1) is 13.2 Å². The molecule has 229 valence electrons. The molecule has 0 saturated heterocycles. The van der Waals surface area contributed by atoms with E-state index in [0.717, 1.165) is 0 Å². The zero-order chi connectivity index (χ0) is 30.8. The molecule has 0 bridgehead atoms. The number of para-hydroxylation sites is 2. The van der Waals surface area contributed by atoms with Crippen LogP contribution in [-0.4, -0.2) is 0 Å². The molecule has 0 saturated carbocycles. The molecule has 3 nitrogen and oxygen atoms in total. The van der Waals surface area contributed by atoms with Gasteiger partial charge in [0, 0.05) is 11.4 Å². The molecule has 3 aromatic carbocycles. The second-order valence-electron chi connectivity index (χ2n) is 11.7. The SMILES string of the molecule is CC(C)c1cccc(C(C)C)c1N1C=CN(c2c(C(C)C)cccc2C(C)C)[CH-]1.[CH]1C=c2ccccc2=C[N-]1.[Cl][Pd][Cl]. The van der Waals surface area contributed by atoms with E-state index < -0.39 is 0 Å². The van der Waals surface area contributed by atoms with Crippen LogP contribution in [0.1, 0.15) is 101 Å². The van der Waals surface area contributed by atoms with E-state index in [1.807, 2.05) is 31.0 Å². The van der Waals surface area contributed by atoms with E-state index in [0.29, 0.717) is 23.7 Å². The number of benzene rings is 3. The summed E-state index contributed by atoms with van der Waals surface area (Å²) in [4.78, 5) is 4.65. The van der Waals surface area contributed by atoms with Crippen molar-refractivity contribution in [3.8, 4) is 0 Å². The van der Waals surface area contributed by atoms with Crippen molar-refractivity contribution < 1.29 is 15.9 Å². The van der Waals surface area contributed by atoms with Gasteiger partial charge in [0.05, 0.1) is 0 Å². The number of rotatable bonds is 6. The van der Waals surface area contributed by atoms with Crippen molar-refractivity contribution in [1.82, 2.24) is 0 Å². The van der Waals surface area contributed by atoms with Crippen molar-refractivity contribution in [2.24, 2.45) is 0 Å². The fraction of sp³-hybridized carbons (Fsp3) is 0.333. The normalized spacial score (nSPS) is 13.8. The Labute approximate surface area is 270 Å². The molecular formula is C36H44Cl2N3Pd-2. The van der Waals surface area contributed by atoms with Crippen LogP contribution in [0.25, 0.3) is 17.6 Å². The molecule has 5 rings (SSSR count). The van der Waals surface area contributed by atoms with E-state index in [1.165, 1.54) is 44.1 Å². The van der Waals surface area contributed by atoms with Gasteiger partial charge in [-0.1, -0.05) is 122 Å². The maximum atomic E-state index is 4.81. The van der Waals surface area contributed by atoms with E-state index in [2.05, 4.69) is 138 Å². The van der Waals surface area contributed by atoms with Crippen LogP contribution in [0.2, 0.25) is 0 Å². The van der Waals surface area contributed by atoms with Crippen molar-refractivity contribution in [3.05, 3.63) is 124 Å². The summed E-state index contributed by atoms with van der Waals surface area (Å²) in [5.74, 6) is 1.92. The Balaban J connectivity index is 0.000000306. The van der Waals surface area contributed by atoms with Crippen LogP contribution < -0.4 is 20.2 Å². The van der Waals surface area contributed by atoms with E-state index in [-0.39, 0.29) is 15.9 Å². The molecule has 0 N–H and O–H groups in total. The van der Waals surface area contributed by atoms with Gasteiger partial charge in [0.1, 0.15) is 0 Å². The molecular weight excluding hydrogens is 652 g/mol. The molecule has 3 aromatic rings. The first-order valence-electron chi connectivity index (χ1n) is 14.6. The summed E-state index contributed by atoms with van der Waals surface area (Å²) in [6.45, 7) is 22.3. The molecule has 0 aromatic heterocycles. The summed E-state index contributed by atoms with van der Waals surface area (Å²) in [5, 5.41) is 6.46. The van der Waals surface area contributed by atoms with Gasteiger partial charge in [-0.3, -0.25) is 0 Å². The summed E-state index contributed by atoms with van der Waals surface area (Å²) in [6, 6.07) is 21.7. The van der Waals surface area contributed by atoms with Crippen LogP contribution >= 0.6 is 19.1 Å². The monoisotopic (exact) mass is 694 g/mol. The van der Waals surface area contributed by atoms with Crippen LogP contribution in [0.3, 0.4) is 0 Å². The summed E-state index contributed by atoms with van der Waals surface area (Å²) < 4.78 is 0. The quantitative estimate of drug-likeness (QED) is 0.189. The van der Waals surface area contributed by atoms with Gasteiger partial charge in [-0.25, -0.2) is 0 Å². The second-order valence-corrected chi connectivity index (χ2v) is 14.0. The molecule has 0 spiro atoms. The third-order valence-electron chi connectivity index (χ3n) is 7.39. The molecule has 0 fully saturated rings. The number of anilines is 2. The molecule has 2 heterocycles. The Morgan fingerprint density at radius 1 is 0.595 bits per heavy atom. The van der Waals surface area contributed by atoms with Crippen LogP contribution in [0, 0.1) is 13.2 Å². The van der Waals surface area contributed by atoms with Crippen LogP contribution in [0.4, 0.5) is 11.4 Å². The third-order valence-corrected chi connectivity index (χ3v) is 7.39. The Bertz CT molecular complexity index is 1290. The van der Waals surface area contributed by atoms with Gasteiger partial charge in [0.15, 0.2) is 0 Å². The van der Waals surface area contributed by atoms with Gasteiger partial charge in [0.2, 0.25) is 0 Å². The predicted molar refractivity (Wildman–Crippen MR) is 182 cm³/mol. The number of hydrogen-bond acceptors (Lipinski definition) is 2. The third kappa shape index (κ3) is 8.67. The molecule has 1 radical (unpaired) electrons. The zero-order valence-electron chi connectivity index (χ0n) is 26.0. The molecule has 0 amide bonds. The second kappa shape index (κ2) is 16.6. The average Bonchev–Trinajstić information content (AvgIpc) is 3.47. The molecule has 0 unspecified atom stereocenters. The van der Waals surface area contributed by atoms with Gasteiger partial charge in [0.25, 0.3) is 0 Å².